The van der Waals surface area contributed by atoms with Gasteiger partial charge in [0, 0.05) is 6.54 Å². The summed E-state index contributed by atoms with van der Waals surface area (Å²) in [4.78, 5) is 12.4. The van der Waals surface area contributed by atoms with Gasteiger partial charge in [-0.2, -0.15) is 9.97 Å². The van der Waals surface area contributed by atoms with Crippen molar-refractivity contribution < 1.29 is 0 Å². The van der Waals surface area contributed by atoms with Crippen molar-refractivity contribution in [3.63, 3.8) is 0 Å². The maximum Gasteiger partial charge on any atom is 0.223 e. The fourth-order valence-electron chi connectivity index (χ4n) is 3.60. The van der Waals surface area contributed by atoms with Gasteiger partial charge in [0.25, 0.3) is 0 Å². The maximum absolute atomic E-state index is 6.18. The summed E-state index contributed by atoms with van der Waals surface area (Å²) in [6.07, 6.45) is 20.9. The molecule has 2 heterocycles. The lowest BCUT2D eigenvalue weighted by Gasteiger charge is -2.06. The number of imidazole rings is 1. The molecule has 0 spiro atoms. The van der Waals surface area contributed by atoms with Crippen LogP contribution in [0.25, 0.3) is 11.2 Å². The van der Waals surface area contributed by atoms with Crippen molar-refractivity contribution >= 4 is 28.7 Å². The van der Waals surface area contributed by atoms with Gasteiger partial charge in [-0.1, -0.05) is 102 Å². The molecule has 2 rings (SSSR count). The van der Waals surface area contributed by atoms with Crippen LogP contribution >= 0.6 is 11.6 Å². The lowest BCUT2D eigenvalue weighted by molar-refractivity contribution is 0.526. The van der Waals surface area contributed by atoms with Crippen molar-refractivity contribution in [2.24, 2.45) is 0 Å². The Hall–Kier alpha value is -1.36. The van der Waals surface area contributed by atoms with Crippen LogP contribution in [0.15, 0.2) is 6.33 Å². The van der Waals surface area contributed by atoms with E-state index >= 15 is 0 Å². The number of hydrogen-bond acceptors (Lipinski definition) is 4. The van der Waals surface area contributed by atoms with E-state index in [4.69, 9.17) is 17.3 Å². The third-order valence-electron chi connectivity index (χ3n) is 5.20. The lowest BCUT2D eigenvalue weighted by atomic mass is 10.0. The second kappa shape index (κ2) is 12.9. The van der Waals surface area contributed by atoms with Gasteiger partial charge in [-0.25, -0.2) is 4.98 Å². The quantitative estimate of drug-likeness (QED) is 0.275. The van der Waals surface area contributed by atoms with E-state index in [0.29, 0.717) is 10.8 Å². The highest BCUT2D eigenvalue weighted by atomic mass is 35.5. The molecular formula is C21H36ClN5. The van der Waals surface area contributed by atoms with Gasteiger partial charge < -0.3 is 10.3 Å². The van der Waals surface area contributed by atoms with Crippen LogP contribution in [0.1, 0.15) is 96.8 Å². The summed E-state index contributed by atoms with van der Waals surface area (Å²) in [7, 11) is 0. The second-order valence-electron chi connectivity index (χ2n) is 7.58. The second-order valence-corrected chi connectivity index (χ2v) is 7.94. The largest absolute Gasteiger partial charge is 0.368 e. The fourth-order valence-corrected chi connectivity index (χ4v) is 3.88. The molecule has 0 bridgehead atoms. The standard InChI is InChI=1S/C21H36ClN5/c1-2-3-4-5-6-7-8-9-10-11-12-13-14-15-16-27-17-24-20-18(27)19(22)25-21(23)26-20/h17H,2-16H2,1H3,(H2,23,25,26). The molecule has 0 atom stereocenters. The van der Waals surface area contributed by atoms with E-state index in [-0.39, 0.29) is 5.95 Å². The molecule has 2 aromatic rings. The van der Waals surface area contributed by atoms with E-state index in [1.165, 1.54) is 83.5 Å². The number of nitrogens with two attached hydrogens (primary N) is 1. The average molecular weight is 394 g/mol. The summed E-state index contributed by atoms with van der Waals surface area (Å²) < 4.78 is 2.04. The number of hydrogen-bond donors (Lipinski definition) is 1. The van der Waals surface area contributed by atoms with Crippen LogP contribution in [0, 0.1) is 0 Å². The highest BCUT2D eigenvalue weighted by Crippen LogP contribution is 2.21. The molecule has 0 aliphatic rings. The van der Waals surface area contributed by atoms with Crippen LogP contribution in [-0.4, -0.2) is 19.5 Å². The summed E-state index contributed by atoms with van der Waals surface area (Å²) in [5, 5.41) is 0.389. The van der Waals surface area contributed by atoms with Gasteiger partial charge in [-0.15, -0.1) is 0 Å². The van der Waals surface area contributed by atoms with Crippen molar-refractivity contribution in [1.82, 2.24) is 19.5 Å². The predicted molar refractivity (Wildman–Crippen MR) is 115 cm³/mol. The van der Waals surface area contributed by atoms with Crippen LogP contribution in [0.5, 0.6) is 0 Å². The van der Waals surface area contributed by atoms with E-state index < -0.39 is 0 Å². The molecule has 2 N–H and O–H groups in total. The van der Waals surface area contributed by atoms with Crippen molar-refractivity contribution in [1.29, 1.82) is 0 Å². The van der Waals surface area contributed by atoms with Gasteiger partial charge in [-0.05, 0) is 6.42 Å². The number of nitrogen functional groups attached to an aromatic ring is 1. The van der Waals surface area contributed by atoms with Crippen LogP contribution < -0.4 is 5.73 Å². The molecule has 0 fully saturated rings. The predicted octanol–water partition coefficient (Wildman–Crippen LogP) is 6.54. The Balaban J connectivity index is 1.46. The Labute approximate surface area is 169 Å². The third kappa shape index (κ3) is 8.04. The smallest absolute Gasteiger partial charge is 0.223 e. The molecule has 27 heavy (non-hydrogen) atoms. The fraction of sp³-hybridized carbons (Fsp3) is 0.762. The van der Waals surface area contributed by atoms with Gasteiger partial charge in [-0.3, -0.25) is 0 Å². The van der Waals surface area contributed by atoms with Gasteiger partial charge in [0.1, 0.15) is 5.52 Å². The van der Waals surface area contributed by atoms with Gasteiger partial charge in [0.15, 0.2) is 10.8 Å². The number of unbranched alkanes of at least 4 members (excludes halogenated alkanes) is 13. The minimum absolute atomic E-state index is 0.175. The van der Waals surface area contributed by atoms with Crippen molar-refractivity contribution in [3.8, 4) is 0 Å². The topological polar surface area (TPSA) is 69.6 Å². The highest BCUT2D eigenvalue weighted by Gasteiger charge is 2.10. The first-order valence-electron chi connectivity index (χ1n) is 10.9. The summed E-state index contributed by atoms with van der Waals surface area (Å²) in [6, 6.07) is 0. The zero-order valence-corrected chi connectivity index (χ0v) is 17.7. The van der Waals surface area contributed by atoms with E-state index in [1.54, 1.807) is 6.33 Å². The van der Waals surface area contributed by atoms with Crippen LogP contribution in [-0.2, 0) is 6.54 Å². The normalized spacial score (nSPS) is 11.5. The van der Waals surface area contributed by atoms with E-state index in [9.17, 15) is 0 Å². The van der Waals surface area contributed by atoms with Crippen LogP contribution in [0.3, 0.4) is 0 Å². The average Bonchev–Trinajstić information content (AvgIpc) is 3.05. The van der Waals surface area contributed by atoms with E-state index in [0.717, 1.165) is 18.5 Å². The lowest BCUT2D eigenvalue weighted by Crippen LogP contribution is -2.00. The Morgan fingerprint density at radius 2 is 1.33 bits per heavy atom. The molecule has 0 aromatic carbocycles. The monoisotopic (exact) mass is 393 g/mol. The Bertz CT molecular complexity index is 655. The molecule has 0 unspecified atom stereocenters. The van der Waals surface area contributed by atoms with E-state index in [2.05, 4.69) is 21.9 Å². The first kappa shape index (κ1) is 21.9. The molecule has 5 nitrogen and oxygen atoms in total. The van der Waals surface area contributed by atoms with Crippen molar-refractivity contribution in [3.05, 3.63) is 11.5 Å². The summed E-state index contributed by atoms with van der Waals surface area (Å²) in [5.74, 6) is 0.175. The summed E-state index contributed by atoms with van der Waals surface area (Å²) >= 11 is 6.18. The highest BCUT2D eigenvalue weighted by molar-refractivity contribution is 6.33. The summed E-state index contributed by atoms with van der Waals surface area (Å²) in [5.41, 5.74) is 6.98. The molecule has 2 aromatic heterocycles. The number of anilines is 1. The molecule has 0 amide bonds. The zero-order chi connectivity index (χ0) is 19.3. The number of fused-ring (bicyclic) bond motifs is 1. The Kier molecular flexibility index (Phi) is 10.5. The molecule has 6 heteroatoms. The van der Waals surface area contributed by atoms with Crippen molar-refractivity contribution in [2.75, 3.05) is 5.73 Å². The number of aromatic nitrogens is 4. The maximum atomic E-state index is 6.18. The molecule has 0 aliphatic heterocycles. The summed E-state index contributed by atoms with van der Waals surface area (Å²) in [6.45, 7) is 3.18. The SMILES string of the molecule is CCCCCCCCCCCCCCCCn1cnc2nc(N)nc(Cl)c21. The van der Waals surface area contributed by atoms with Crippen molar-refractivity contribution in [2.45, 2.75) is 103 Å². The van der Waals surface area contributed by atoms with Gasteiger partial charge in [0.2, 0.25) is 5.95 Å². The van der Waals surface area contributed by atoms with E-state index in [1.807, 2.05) is 4.57 Å². The zero-order valence-electron chi connectivity index (χ0n) is 16.9. The molecule has 0 saturated carbocycles. The van der Waals surface area contributed by atoms with Crippen LogP contribution in [0.4, 0.5) is 5.95 Å². The number of aryl methyl sites for hydroxylation is 1. The Morgan fingerprint density at radius 3 is 1.89 bits per heavy atom. The first-order valence-corrected chi connectivity index (χ1v) is 11.2. The number of nitrogens with zero attached hydrogens (tertiary/aromatic N) is 4. The minimum atomic E-state index is 0.175. The van der Waals surface area contributed by atoms with Gasteiger partial charge in [0.05, 0.1) is 6.33 Å². The third-order valence-corrected chi connectivity index (χ3v) is 5.46. The molecule has 152 valence electrons. The molecular weight excluding hydrogens is 358 g/mol. The molecule has 0 saturated heterocycles. The number of rotatable bonds is 15. The molecule has 0 aliphatic carbocycles. The molecule has 0 radical (unpaired) electrons. The van der Waals surface area contributed by atoms with Gasteiger partial charge >= 0.3 is 0 Å². The van der Waals surface area contributed by atoms with Crippen LogP contribution in [0.2, 0.25) is 5.15 Å². The number of halogens is 1. The Morgan fingerprint density at radius 1 is 0.815 bits per heavy atom. The first-order chi connectivity index (χ1) is 13.2. The minimum Gasteiger partial charge on any atom is -0.368 e.